The molecule has 1 heterocycles. The Morgan fingerprint density at radius 3 is 2.91 bits per heavy atom. The molecule has 1 amide bonds. The molecule has 0 radical (unpaired) electrons. The van der Waals surface area contributed by atoms with Crippen molar-refractivity contribution in [2.45, 2.75) is 0 Å². The van der Waals surface area contributed by atoms with Crippen LogP contribution in [0.2, 0.25) is 0 Å². The Labute approximate surface area is 136 Å². The molecule has 1 fully saturated rings. The highest BCUT2D eigenvalue weighted by molar-refractivity contribution is 8.18. The molecule has 0 bridgehead atoms. The van der Waals surface area contributed by atoms with Gasteiger partial charge in [0.05, 0.1) is 18.2 Å². The zero-order valence-corrected chi connectivity index (χ0v) is 12.8. The van der Waals surface area contributed by atoms with E-state index in [0.29, 0.717) is 11.0 Å². The van der Waals surface area contributed by atoms with Gasteiger partial charge in [0.2, 0.25) is 0 Å². The van der Waals surface area contributed by atoms with Crippen LogP contribution in [0.1, 0.15) is 5.56 Å². The summed E-state index contributed by atoms with van der Waals surface area (Å²) in [6.07, 6.45) is 2.46. The van der Waals surface area contributed by atoms with Gasteiger partial charge >= 0.3 is 13.1 Å². The molecule has 1 saturated heterocycles. The van der Waals surface area contributed by atoms with Crippen LogP contribution in [0.3, 0.4) is 0 Å². The predicted molar refractivity (Wildman–Crippen MR) is 87.1 cm³/mol. The standard InChI is InChI=1S/C13H12BN3O5S/c1-22-11(18)6-10-12(19)16-13(23-10)17-15-7-8-3-2-4-9(5-8)14(20)21/h2-7,20-21H,1H3,(H,16,17,19)/b10-6+,15-7?. The number of amides is 1. The lowest BCUT2D eigenvalue weighted by molar-refractivity contribution is -0.135. The molecule has 10 heteroatoms. The molecule has 0 saturated carbocycles. The lowest BCUT2D eigenvalue weighted by atomic mass is 9.80. The molecule has 0 spiro atoms. The maximum Gasteiger partial charge on any atom is 0.488 e. The van der Waals surface area contributed by atoms with Crippen molar-refractivity contribution in [3.63, 3.8) is 0 Å². The molecular weight excluding hydrogens is 321 g/mol. The summed E-state index contributed by atoms with van der Waals surface area (Å²) in [6.45, 7) is 0. The van der Waals surface area contributed by atoms with Gasteiger partial charge in [0, 0.05) is 6.08 Å². The molecule has 1 aromatic carbocycles. The first-order valence-corrected chi connectivity index (χ1v) is 7.17. The third-order valence-corrected chi connectivity index (χ3v) is 3.57. The Morgan fingerprint density at radius 1 is 1.43 bits per heavy atom. The van der Waals surface area contributed by atoms with Gasteiger partial charge < -0.3 is 14.8 Å². The monoisotopic (exact) mass is 333 g/mol. The van der Waals surface area contributed by atoms with Crippen molar-refractivity contribution in [3.8, 4) is 0 Å². The molecule has 0 unspecified atom stereocenters. The second-order valence-electron chi connectivity index (χ2n) is 4.28. The number of hydrogen-bond donors (Lipinski definition) is 3. The van der Waals surface area contributed by atoms with Gasteiger partial charge in [0.1, 0.15) is 0 Å². The number of nitrogens with zero attached hydrogens (tertiary/aromatic N) is 2. The van der Waals surface area contributed by atoms with Crippen molar-refractivity contribution in [1.82, 2.24) is 5.32 Å². The van der Waals surface area contributed by atoms with Crippen LogP contribution in [-0.2, 0) is 14.3 Å². The number of nitrogens with one attached hydrogen (secondary N) is 1. The molecule has 23 heavy (non-hydrogen) atoms. The third kappa shape index (κ3) is 4.78. The van der Waals surface area contributed by atoms with Crippen molar-refractivity contribution in [2.24, 2.45) is 10.2 Å². The number of carbonyl (C=O) groups excluding carboxylic acids is 2. The summed E-state index contributed by atoms with van der Waals surface area (Å²) in [4.78, 5) is 22.9. The van der Waals surface area contributed by atoms with Crippen molar-refractivity contribution in [3.05, 3.63) is 40.8 Å². The molecule has 118 valence electrons. The maximum atomic E-state index is 11.6. The van der Waals surface area contributed by atoms with E-state index < -0.39 is 19.0 Å². The molecule has 1 aromatic rings. The first-order chi connectivity index (χ1) is 11.0. The minimum absolute atomic E-state index is 0.163. The fraction of sp³-hybridized carbons (Fsp3) is 0.0769. The smallest absolute Gasteiger partial charge is 0.466 e. The van der Waals surface area contributed by atoms with Gasteiger partial charge in [0.15, 0.2) is 5.17 Å². The topological polar surface area (TPSA) is 121 Å². The fourth-order valence-corrected chi connectivity index (χ4v) is 2.33. The Balaban J connectivity index is 2.06. The average molecular weight is 333 g/mol. The number of thioether (sulfide) groups is 1. The van der Waals surface area contributed by atoms with Crippen LogP contribution in [0.25, 0.3) is 0 Å². The lowest BCUT2D eigenvalue weighted by Crippen LogP contribution is -2.29. The van der Waals surface area contributed by atoms with Crippen LogP contribution in [0.5, 0.6) is 0 Å². The van der Waals surface area contributed by atoms with Crippen LogP contribution in [-0.4, -0.2) is 47.5 Å². The van der Waals surface area contributed by atoms with Crippen molar-refractivity contribution in [2.75, 3.05) is 7.11 Å². The van der Waals surface area contributed by atoms with Gasteiger partial charge in [0.25, 0.3) is 5.91 Å². The second-order valence-corrected chi connectivity index (χ2v) is 5.31. The van der Waals surface area contributed by atoms with Crippen molar-refractivity contribution in [1.29, 1.82) is 0 Å². The summed E-state index contributed by atoms with van der Waals surface area (Å²) in [7, 11) is -0.349. The number of carbonyl (C=O) groups is 2. The molecule has 8 nitrogen and oxygen atoms in total. The van der Waals surface area contributed by atoms with Crippen LogP contribution in [0.15, 0.2) is 45.4 Å². The normalized spacial score (nSPS) is 17.8. The average Bonchev–Trinajstić information content (AvgIpc) is 2.87. The highest BCUT2D eigenvalue weighted by Gasteiger charge is 2.24. The second kappa shape index (κ2) is 7.72. The number of rotatable bonds is 4. The lowest BCUT2D eigenvalue weighted by Gasteiger charge is -1.99. The molecule has 2 rings (SSSR count). The largest absolute Gasteiger partial charge is 0.488 e. The van der Waals surface area contributed by atoms with E-state index in [1.165, 1.54) is 19.4 Å². The Morgan fingerprint density at radius 2 is 2.22 bits per heavy atom. The number of ether oxygens (including phenoxy) is 1. The van der Waals surface area contributed by atoms with E-state index in [1.54, 1.807) is 18.2 Å². The summed E-state index contributed by atoms with van der Waals surface area (Å²) < 4.78 is 4.45. The number of benzene rings is 1. The predicted octanol–water partition coefficient (Wildman–Crippen LogP) is -1.02. The zero-order chi connectivity index (χ0) is 16.8. The van der Waals surface area contributed by atoms with Gasteiger partial charge in [-0.1, -0.05) is 24.3 Å². The van der Waals surface area contributed by atoms with Crippen LogP contribution < -0.4 is 10.8 Å². The van der Waals surface area contributed by atoms with Crippen LogP contribution in [0, 0.1) is 0 Å². The van der Waals surface area contributed by atoms with E-state index in [4.69, 9.17) is 10.0 Å². The third-order valence-electron chi connectivity index (χ3n) is 2.67. The number of methoxy groups -OCH3 is 1. The molecule has 1 aliphatic heterocycles. The summed E-state index contributed by atoms with van der Waals surface area (Å²) in [5.41, 5.74) is 0.938. The van der Waals surface area contributed by atoms with Crippen molar-refractivity contribution < 1.29 is 24.4 Å². The Hall–Kier alpha value is -2.43. The highest BCUT2D eigenvalue weighted by atomic mass is 32.2. The highest BCUT2D eigenvalue weighted by Crippen LogP contribution is 2.23. The first-order valence-electron chi connectivity index (χ1n) is 6.35. The number of hydrogen-bond acceptors (Lipinski definition) is 8. The van der Waals surface area contributed by atoms with E-state index >= 15 is 0 Å². The first kappa shape index (κ1) is 16.9. The molecule has 1 aliphatic rings. The van der Waals surface area contributed by atoms with Gasteiger partial charge in [-0.3, -0.25) is 10.1 Å². The Kier molecular flexibility index (Phi) is 5.69. The Bertz CT molecular complexity index is 717. The maximum absolute atomic E-state index is 11.6. The van der Waals surface area contributed by atoms with E-state index in [2.05, 4.69) is 20.3 Å². The molecule has 0 aliphatic carbocycles. The quantitative estimate of drug-likeness (QED) is 0.213. The SMILES string of the molecule is COC(=O)/C=C1/S/C(=N\N=Cc2cccc(B(O)O)c2)NC1=O. The minimum atomic E-state index is -1.56. The number of esters is 1. The van der Waals surface area contributed by atoms with E-state index in [1.807, 2.05) is 0 Å². The van der Waals surface area contributed by atoms with Gasteiger partial charge in [-0.25, -0.2) is 4.79 Å². The molecule has 3 N–H and O–H groups in total. The summed E-state index contributed by atoms with van der Waals surface area (Å²) in [6, 6.07) is 6.45. The van der Waals surface area contributed by atoms with Crippen molar-refractivity contribution >= 4 is 47.6 Å². The summed E-state index contributed by atoms with van der Waals surface area (Å²) >= 11 is 0.962. The van der Waals surface area contributed by atoms with Crippen LogP contribution >= 0.6 is 11.8 Å². The summed E-state index contributed by atoms with van der Waals surface area (Å²) in [5.74, 6) is -1.09. The molecule has 0 atom stereocenters. The number of amidine groups is 1. The zero-order valence-electron chi connectivity index (χ0n) is 12.0. The minimum Gasteiger partial charge on any atom is -0.466 e. The van der Waals surface area contributed by atoms with E-state index in [9.17, 15) is 9.59 Å². The van der Waals surface area contributed by atoms with Gasteiger partial charge in [-0.15, -0.1) is 5.10 Å². The van der Waals surface area contributed by atoms with Crippen LogP contribution in [0.4, 0.5) is 0 Å². The summed E-state index contributed by atoms with van der Waals surface area (Å²) in [5, 5.41) is 28.5. The van der Waals surface area contributed by atoms with Gasteiger partial charge in [-0.05, 0) is 22.8 Å². The fourth-order valence-electron chi connectivity index (χ4n) is 1.59. The van der Waals surface area contributed by atoms with E-state index in [-0.39, 0.29) is 10.1 Å². The van der Waals surface area contributed by atoms with Gasteiger partial charge in [-0.2, -0.15) is 5.10 Å². The molecule has 0 aromatic heterocycles. The molecular formula is C13H12BN3O5S. The van der Waals surface area contributed by atoms with E-state index in [0.717, 1.165) is 17.8 Å².